The molecule has 0 unspecified atom stereocenters. The summed E-state index contributed by atoms with van der Waals surface area (Å²) in [7, 11) is 0. The minimum atomic E-state index is -0.194. The van der Waals surface area contributed by atoms with Crippen molar-refractivity contribution >= 4 is 34.1 Å². The number of para-hydroxylation sites is 1. The van der Waals surface area contributed by atoms with Crippen molar-refractivity contribution in [2.24, 2.45) is 0 Å². The van der Waals surface area contributed by atoms with Crippen molar-refractivity contribution in [1.82, 2.24) is 4.98 Å². The number of carbonyl (C=O) groups excluding carboxylic acids is 1. The number of hydrogen-bond donors (Lipinski definition) is 2. The zero-order valence-corrected chi connectivity index (χ0v) is 13.3. The predicted molar refractivity (Wildman–Crippen MR) is 93.5 cm³/mol. The van der Waals surface area contributed by atoms with Gasteiger partial charge < -0.3 is 15.0 Å². The van der Waals surface area contributed by atoms with Crippen LogP contribution in [0.5, 0.6) is 5.75 Å². The topological polar surface area (TPSA) is 54.1 Å². The summed E-state index contributed by atoms with van der Waals surface area (Å²) in [6.45, 7) is 0.487. The summed E-state index contributed by atoms with van der Waals surface area (Å²) in [5, 5.41) is 3.93. The zero-order chi connectivity index (χ0) is 16.1. The van der Waals surface area contributed by atoms with Gasteiger partial charge in [0.05, 0.1) is 17.9 Å². The number of halogens is 1. The molecule has 5 heteroatoms. The minimum Gasteiger partial charge on any atom is -0.493 e. The fourth-order valence-electron chi connectivity index (χ4n) is 2.40. The fraction of sp³-hybridized carbons (Fsp3) is 0.167. The molecule has 4 nitrogen and oxygen atoms in total. The Morgan fingerprint density at radius 2 is 2.00 bits per heavy atom. The van der Waals surface area contributed by atoms with Gasteiger partial charge in [0.1, 0.15) is 5.75 Å². The molecule has 2 N–H and O–H groups in total. The quantitative estimate of drug-likeness (QED) is 0.519. The van der Waals surface area contributed by atoms with Crippen molar-refractivity contribution in [1.29, 1.82) is 0 Å². The molecule has 0 radical (unpaired) electrons. The molecule has 0 aliphatic heterocycles. The summed E-state index contributed by atoms with van der Waals surface area (Å²) in [5.74, 6) is 0.903. The molecule has 0 bridgehead atoms. The molecule has 1 amide bonds. The number of aromatic nitrogens is 1. The molecule has 2 aromatic carbocycles. The molecule has 1 aromatic heterocycles. The van der Waals surface area contributed by atoms with Gasteiger partial charge in [0.2, 0.25) is 0 Å². The summed E-state index contributed by atoms with van der Waals surface area (Å²) in [6, 6.07) is 14.9. The first kappa shape index (κ1) is 15.4. The lowest BCUT2D eigenvalue weighted by Crippen LogP contribution is -2.14. The first-order chi connectivity index (χ1) is 11.3. The van der Waals surface area contributed by atoms with Crippen molar-refractivity contribution in [3.8, 4) is 5.75 Å². The van der Waals surface area contributed by atoms with Gasteiger partial charge in [0.25, 0.3) is 5.91 Å². The van der Waals surface area contributed by atoms with Gasteiger partial charge in [-0.05, 0) is 36.8 Å². The molecular weight excluding hydrogens is 312 g/mol. The van der Waals surface area contributed by atoms with Gasteiger partial charge >= 0.3 is 0 Å². The zero-order valence-electron chi connectivity index (χ0n) is 12.5. The van der Waals surface area contributed by atoms with Crippen LogP contribution in [0.3, 0.4) is 0 Å². The Balaban J connectivity index is 1.82. The first-order valence-corrected chi connectivity index (χ1v) is 7.98. The van der Waals surface area contributed by atoms with Crippen molar-refractivity contribution in [2.45, 2.75) is 6.42 Å². The van der Waals surface area contributed by atoms with E-state index < -0.39 is 0 Å². The van der Waals surface area contributed by atoms with E-state index in [-0.39, 0.29) is 5.91 Å². The number of benzene rings is 2. The highest BCUT2D eigenvalue weighted by molar-refractivity contribution is 6.17. The van der Waals surface area contributed by atoms with Gasteiger partial charge in [0, 0.05) is 23.0 Å². The van der Waals surface area contributed by atoms with Crippen LogP contribution in [0.15, 0.2) is 54.7 Å². The van der Waals surface area contributed by atoms with Crippen LogP contribution >= 0.6 is 11.6 Å². The summed E-state index contributed by atoms with van der Waals surface area (Å²) in [4.78, 5) is 15.7. The molecule has 118 valence electrons. The summed E-state index contributed by atoms with van der Waals surface area (Å²) >= 11 is 5.66. The Labute approximate surface area is 139 Å². The first-order valence-electron chi connectivity index (χ1n) is 7.45. The van der Waals surface area contributed by atoms with Crippen LogP contribution in [-0.2, 0) is 0 Å². The van der Waals surface area contributed by atoms with E-state index >= 15 is 0 Å². The summed E-state index contributed by atoms with van der Waals surface area (Å²) in [5.41, 5.74) is 2.26. The number of rotatable bonds is 6. The van der Waals surface area contributed by atoms with Crippen LogP contribution in [-0.4, -0.2) is 23.4 Å². The Kier molecular flexibility index (Phi) is 4.83. The maximum Gasteiger partial charge on any atom is 0.259 e. The number of carbonyl (C=O) groups is 1. The number of hydrogen-bond acceptors (Lipinski definition) is 2. The number of nitrogens with one attached hydrogen (secondary N) is 2. The Hall–Kier alpha value is -2.46. The van der Waals surface area contributed by atoms with E-state index in [4.69, 9.17) is 16.3 Å². The fourth-order valence-corrected chi connectivity index (χ4v) is 2.51. The summed E-state index contributed by atoms with van der Waals surface area (Å²) in [6.07, 6.45) is 2.59. The number of ether oxygens (including phenoxy) is 1. The number of amides is 1. The third-order valence-corrected chi connectivity index (χ3v) is 3.78. The van der Waals surface area contributed by atoms with Gasteiger partial charge in [-0.1, -0.05) is 18.2 Å². The predicted octanol–water partition coefficient (Wildman–Crippen LogP) is 4.43. The second-order valence-electron chi connectivity index (χ2n) is 5.09. The molecule has 23 heavy (non-hydrogen) atoms. The Morgan fingerprint density at radius 1 is 1.13 bits per heavy atom. The highest BCUT2D eigenvalue weighted by Gasteiger charge is 2.13. The smallest absolute Gasteiger partial charge is 0.259 e. The van der Waals surface area contributed by atoms with Gasteiger partial charge in [-0.3, -0.25) is 4.79 Å². The maximum absolute atomic E-state index is 12.6. The van der Waals surface area contributed by atoms with Crippen LogP contribution in [0.4, 0.5) is 5.69 Å². The average molecular weight is 329 g/mol. The van der Waals surface area contributed by atoms with Crippen LogP contribution < -0.4 is 10.1 Å². The molecule has 3 aromatic rings. The van der Waals surface area contributed by atoms with E-state index in [9.17, 15) is 4.79 Å². The number of H-pyrrole nitrogens is 1. The minimum absolute atomic E-state index is 0.194. The highest BCUT2D eigenvalue weighted by atomic mass is 35.5. The van der Waals surface area contributed by atoms with E-state index in [1.807, 2.05) is 42.6 Å². The molecule has 0 saturated heterocycles. The lowest BCUT2D eigenvalue weighted by atomic mass is 10.1. The van der Waals surface area contributed by atoms with Crippen molar-refractivity contribution in [3.63, 3.8) is 0 Å². The lowest BCUT2D eigenvalue weighted by Gasteiger charge is -2.12. The van der Waals surface area contributed by atoms with Gasteiger partial charge in [-0.15, -0.1) is 11.6 Å². The monoisotopic (exact) mass is 328 g/mol. The van der Waals surface area contributed by atoms with E-state index in [0.29, 0.717) is 23.8 Å². The number of anilines is 1. The van der Waals surface area contributed by atoms with Crippen molar-refractivity contribution < 1.29 is 9.53 Å². The SMILES string of the molecule is O=C(Nc1cccc2[nH]ccc12)c1ccccc1OCCCCl. The van der Waals surface area contributed by atoms with E-state index in [1.54, 1.807) is 12.1 Å². The van der Waals surface area contributed by atoms with Crippen LogP contribution in [0.2, 0.25) is 0 Å². The second-order valence-corrected chi connectivity index (χ2v) is 5.46. The normalized spacial score (nSPS) is 10.7. The third-order valence-electron chi connectivity index (χ3n) is 3.51. The molecule has 1 heterocycles. The number of aromatic amines is 1. The van der Waals surface area contributed by atoms with Gasteiger partial charge in [-0.2, -0.15) is 0 Å². The molecule has 0 fully saturated rings. The van der Waals surface area contributed by atoms with Gasteiger partial charge in [0.15, 0.2) is 0 Å². The highest BCUT2D eigenvalue weighted by Crippen LogP contribution is 2.25. The molecule has 0 aliphatic carbocycles. The Morgan fingerprint density at radius 3 is 2.87 bits per heavy atom. The molecule has 0 spiro atoms. The lowest BCUT2D eigenvalue weighted by molar-refractivity contribution is 0.102. The molecular formula is C18H17ClN2O2. The van der Waals surface area contributed by atoms with Crippen molar-refractivity contribution in [2.75, 3.05) is 17.8 Å². The Bertz CT molecular complexity index is 813. The standard InChI is InChI=1S/C18H17ClN2O2/c19-10-4-12-23-17-8-2-1-5-14(17)18(22)21-16-7-3-6-15-13(16)9-11-20-15/h1-3,5-9,11,20H,4,10,12H2,(H,21,22). The second kappa shape index (κ2) is 7.20. The van der Waals surface area contributed by atoms with E-state index in [0.717, 1.165) is 23.0 Å². The molecule has 0 saturated carbocycles. The van der Waals surface area contributed by atoms with E-state index in [2.05, 4.69) is 10.3 Å². The van der Waals surface area contributed by atoms with Crippen LogP contribution in [0.25, 0.3) is 10.9 Å². The largest absolute Gasteiger partial charge is 0.493 e. The average Bonchev–Trinajstić information content (AvgIpc) is 3.05. The summed E-state index contributed by atoms with van der Waals surface area (Å²) < 4.78 is 5.66. The molecule has 3 rings (SSSR count). The maximum atomic E-state index is 12.6. The number of alkyl halides is 1. The molecule has 0 atom stereocenters. The number of fused-ring (bicyclic) bond motifs is 1. The van der Waals surface area contributed by atoms with Crippen LogP contribution in [0, 0.1) is 0 Å². The van der Waals surface area contributed by atoms with Crippen molar-refractivity contribution in [3.05, 3.63) is 60.3 Å². The van der Waals surface area contributed by atoms with Gasteiger partial charge in [-0.25, -0.2) is 0 Å². The molecule has 0 aliphatic rings. The van der Waals surface area contributed by atoms with Crippen LogP contribution in [0.1, 0.15) is 16.8 Å². The third kappa shape index (κ3) is 3.48. The van der Waals surface area contributed by atoms with E-state index in [1.165, 1.54) is 0 Å².